The zero-order chi connectivity index (χ0) is 22.2. The van der Waals surface area contributed by atoms with E-state index in [0.29, 0.717) is 30.0 Å². The van der Waals surface area contributed by atoms with E-state index in [2.05, 4.69) is 10.6 Å². The van der Waals surface area contributed by atoms with Gasteiger partial charge >= 0.3 is 0 Å². The number of hydrogen-bond acceptors (Lipinski definition) is 6. The van der Waals surface area contributed by atoms with Crippen molar-refractivity contribution in [2.45, 2.75) is 18.9 Å². The van der Waals surface area contributed by atoms with Crippen LogP contribution in [0, 0.1) is 10.1 Å². The van der Waals surface area contributed by atoms with E-state index in [1.807, 2.05) is 0 Å². The summed E-state index contributed by atoms with van der Waals surface area (Å²) in [5, 5.41) is 16.4. The zero-order valence-corrected chi connectivity index (χ0v) is 17.0. The molecule has 2 N–H and O–H groups in total. The SMILES string of the molecule is COc1ccc(C(=O)N/C(=C\c2cccc([N+](=O)[O-])c2)C(=O)NCC2CCCO2)cc1. The average molecular weight is 425 g/mol. The summed E-state index contributed by atoms with van der Waals surface area (Å²) in [5.74, 6) is -0.409. The van der Waals surface area contributed by atoms with Crippen LogP contribution in [-0.4, -0.2) is 43.1 Å². The van der Waals surface area contributed by atoms with Crippen LogP contribution in [0.25, 0.3) is 6.08 Å². The van der Waals surface area contributed by atoms with Gasteiger partial charge in [0.05, 0.1) is 18.1 Å². The molecule has 2 aromatic rings. The van der Waals surface area contributed by atoms with Crippen LogP contribution < -0.4 is 15.4 Å². The van der Waals surface area contributed by atoms with E-state index in [4.69, 9.17) is 9.47 Å². The van der Waals surface area contributed by atoms with E-state index >= 15 is 0 Å². The maximum absolute atomic E-state index is 12.8. The Balaban J connectivity index is 1.81. The lowest BCUT2D eigenvalue weighted by Gasteiger charge is -2.14. The maximum Gasteiger partial charge on any atom is 0.270 e. The normalized spacial score (nSPS) is 15.9. The number of carbonyl (C=O) groups excluding carboxylic acids is 2. The van der Waals surface area contributed by atoms with Crippen molar-refractivity contribution >= 4 is 23.6 Å². The lowest BCUT2D eigenvalue weighted by molar-refractivity contribution is -0.384. The summed E-state index contributed by atoms with van der Waals surface area (Å²) in [5.41, 5.74) is 0.595. The topological polar surface area (TPSA) is 120 Å². The lowest BCUT2D eigenvalue weighted by Crippen LogP contribution is -2.38. The molecule has 162 valence electrons. The van der Waals surface area contributed by atoms with Crippen molar-refractivity contribution in [1.29, 1.82) is 0 Å². The number of nitrogens with one attached hydrogen (secondary N) is 2. The molecule has 1 unspecified atom stereocenters. The molecule has 1 aliphatic rings. The van der Waals surface area contributed by atoms with Gasteiger partial charge < -0.3 is 20.1 Å². The number of benzene rings is 2. The molecule has 0 aromatic heterocycles. The van der Waals surface area contributed by atoms with Crippen LogP contribution in [0.2, 0.25) is 0 Å². The Morgan fingerprint density at radius 1 is 1.26 bits per heavy atom. The number of hydrogen-bond donors (Lipinski definition) is 2. The molecule has 0 aliphatic carbocycles. The van der Waals surface area contributed by atoms with Gasteiger partial charge in [-0.3, -0.25) is 19.7 Å². The van der Waals surface area contributed by atoms with Crippen LogP contribution in [-0.2, 0) is 9.53 Å². The molecule has 9 nitrogen and oxygen atoms in total. The Morgan fingerprint density at radius 3 is 2.68 bits per heavy atom. The van der Waals surface area contributed by atoms with Crippen LogP contribution in [0.15, 0.2) is 54.2 Å². The van der Waals surface area contributed by atoms with Gasteiger partial charge in [-0.15, -0.1) is 0 Å². The highest BCUT2D eigenvalue weighted by molar-refractivity contribution is 6.05. The summed E-state index contributed by atoms with van der Waals surface area (Å²) < 4.78 is 10.6. The molecule has 0 saturated carbocycles. The van der Waals surface area contributed by atoms with Crippen LogP contribution in [0.3, 0.4) is 0 Å². The highest BCUT2D eigenvalue weighted by Gasteiger charge is 2.19. The number of ether oxygens (including phenoxy) is 2. The number of methoxy groups -OCH3 is 1. The van der Waals surface area contributed by atoms with Gasteiger partial charge in [-0.1, -0.05) is 12.1 Å². The van der Waals surface area contributed by atoms with Crippen molar-refractivity contribution in [3.05, 3.63) is 75.5 Å². The predicted molar refractivity (Wildman–Crippen MR) is 114 cm³/mol. The van der Waals surface area contributed by atoms with E-state index in [1.54, 1.807) is 30.3 Å². The minimum atomic E-state index is -0.523. The summed E-state index contributed by atoms with van der Waals surface area (Å²) in [7, 11) is 1.52. The van der Waals surface area contributed by atoms with E-state index in [9.17, 15) is 19.7 Å². The van der Waals surface area contributed by atoms with Crippen LogP contribution in [0.5, 0.6) is 5.75 Å². The Labute approximate surface area is 179 Å². The highest BCUT2D eigenvalue weighted by Crippen LogP contribution is 2.17. The van der Waals surface area contributed by atoms with Gasteiger partial charge in [-0.05, 0) is 48.7 Å². The summed E-state index contributed by atoms with van der Waals surface area (Å²) in [4.78, 5) is 36.0. The molecule has 1 atom stereocenters. The standard InChI is InChI=1S/C22H23N3O6/c1-30-18-9-7-16(8-10-18)21(26)24-20(22(27)23-14-19-6-3-11-31-19)13-15-4-2-5-17(12-15)25(28)29/h2,4-5,7-10,12-13,19H,3,6,11,14H2,1H3,(H,23,27)(H,24,26)/b20-13-. The minimum Gasteiger partial charge on any atom is -0.497 e. The summed E-state index contributed by atoms with van der Waals surface area (Å²) in [6.45, 7) is 0.967. The largest absolute Gasteiger partial charge is 0.497 e. The average Bonchev–Trinajstić information content (AvgIpc) is 3.31. The summed E-state index contributed by atoms with van der Waals surface area (Å²) >= 11 is 0. The van der Waals surface area contributed by atoms with Crippen LogP contribution in [0.1, 0.15) is 28.8 Å². The van der Waals surface area contributed by atoms with Crippen molar-refractivity contribution in [2.75, 3.05) is 20.3 Å². The molecule has 1 aliphatic heterocycles. The number of nitrogens with zero attached hydrogens (tertiary/aromatic N) is 1. The molecule has 0 radical (unpaired) electrons. The Bertz CT molecular complexity index is 981. The Hall–Kier alpha value is -3.72. The van der Waals surface area contributed by atoms with Crippen molar-refractivity contribution in [3.63, 3.8) is 0 Å². The molecular formula is C22H23N3O6. The van der Waals surface area contributed by atoms with Gasteiger partial charge in [0.1, 0.15) is 11.4 Å². The number of amides is 2. The molecule has 0 bridgehead atoms. The minimum absolute atomic E-state index is 0.0284. The fraction of sp³-hybridized carbons (Fsp3) is 0.273. The van der Waals surface area contributed by atoms with Crippen molar-refractivity contribution in [3.8, 4) is 5.75 Å². The molecule has 9 heteroatoms. The quantitative estimate of drug-likeness (QED) is 0.381. The first kappa shape index (κ1) is 22.0. The molecule has 1 saturated heterocycles. The number of rotatable bonds is 8. The number of carbonyl (C=O) groups is 2. The fourth-order valence-electron chi connectivity index (χ4n) is 3.10. The molecule has 31 heavy (non-hydrogen) atoms. The highest BCUT2D eigenvalue weighted by atomic mass is 16.6. The van der Waals surface area contributed by atoms with E-state index in [-0.39, 0.29) is 17.5 Å². The molecule has 3 rings (SSSR count). The lowest BCUT2D eigenvalue weighted by atomic mass is 10.1. The summed E-state index contributed by atoms with van der Waals surface area (Å²) in [6, 6.07) is 12.2. The van der Waals surface area contributed by atoms with Gasteiger partial charge in [-0.2, -0.15) is 0 Å². The van der Waals surface area contributed by atoms with Crippen molar-refractivity contribution in [2.24, 2.45) is 0 Å². The molecule has 1 fully saturated rings. The van der Waals surface area contributed by atoms with Crippen molar-refractivity contribution in [1.82, 2.24) is 10.6 Å². The van der Waals surface area contributed by atoms with Gasteiger partial charge in [-0.25, -0.2) is 0 Å². The third-order valence-corrected chi connectivity index (χ3v) is 4.75. The monoisotopic (exact) mass is 425 g/mol. The Morgan fingerprint density at radius 2 is 2.03 bits per heavy atom. The molecule has 0 spiro atoms. The second-order valence-corrected chi connectivity index (χ2v) is 6.94. The van der Waals surface area contributed by atoms with E-state index in [0.717, 1.165) is 12.8 Å². The molecule has 1 heterocycles. The summed E-state index contributed by atoms with van der Waals surface area (Å²) in [6.07, 6.45) is 3.12. The van der Waals surface area contributed by atoms with E-state index < -0.39 is 16.7 Å². The third-order valence-electron chi connectivity index (χ3n) is 4.75. The van der Waals surface area contributed by atoms with Gasteiger partial charge in [0.15, 0.2) is 0 Å². The van der Waals surface area contributed by atoms with Gasteiger partial charge in [0.2, 0.25) is 0 Å². The van der Waals surface area contributed by atoms with E-state index in [1.165, 1.54) is 31.4 Å². The fourth-order valence-corrected chi connectivity index (χ4v) is 3.10. The first-order valence-electron chi connectivity index (χ1n) is 9.77. The van der Waals surface area contributed by atoms with Gasteiger partial charge in [0.25, 0.3) is 17.5 Å². The third kappa shape index (κ3) is 6.13. The maximum atomic E-state index is 12.8. The van der Waals surface area contributed by atoms with Crippen LogP contribution in [0.4, 0.5) is 5.69 Å². The van der Waals surface area contributed by atoms with Gasteiger partial charge in [0, 0.05) is 30.8 Å². The van der Waals surface area contributed by atoms with Crippen molar-refractivity contribution < 1.29 is 24.0 Å². The second-order valence-electron chi connectivity index (χ2n) is 6.94. The zero-order valence-electron chi connectivity index (χ0n) is 17.0. The first-order valence-corrected chi connectivity index (χ1v) is 9.77. The van der Waals surface area contributed by atoms with Crippen LogP contribution >= 0.6 is 0 Å². The smallest absolute Gasteiger partial charge is 0.270 e. The molecular weight excluding hydrogens is 402 g/mol. The Kier molecular flexibility index (Phi) is 7.34. The molecule has 2 amide bonds. The molecule has 2 aromatic carbocycles. The number of nitro benzene ring substituents is 1. The predicted octanol–water partition coefficient (Wildman–Crippen LogP) is 2.67. The second kappa shape index (κ2) is 10.4. The number of nitro groups is 1. The number of non-ortho nitro benzene ring substituents is 1. The first-order chi connectivity index (χ1) is 15.0.